The molecule has 5 heteroatoms. The molecule has 0 saturated carbocycles. The Balaban J connectivity index is 1.70. The van der Waals surface area contributed by atoms with Gasteiger partial charge in [0.1, 0.15) is 0 Å². The van der Waals surface area contributed by atoms with Crippen LogP contribution in [0.5, 0.6) is 0 Å². The van der Waals surface area contributed by atoms with E-state index in [9.17, 15) is 0 Å². The molecule has 0 aromatic heterocycles. The van der Waals surface area contributed by atoms with Crippen molar-refractivity contribution >= 4 is 0 Å². The first-order valence-electron chi connectivity index (χ1n) is 6.76. The fraction of sp³-hybridized carbons (Fsp3) is 1.00. The van der Waals surface area contributed by atoms with Crippen LogP contribution < -0.4 is 5.32 Å². The lowest BCUT2D eigenvalue weighted by Gasteiger charge is -2.29. The quantitative estimate of drug-likeness (QED) is 0.661. The molecular weight excluding hydrogens is 218 g/mol. The van der Waals surface area contributed by atoms with Gasteiger partial charge in [-0.2, -0.15) is 0 Å². The molecule has 2 fully saturated rings. The van der Waals surface area contributed by atoms with Crippen LogP contribution in [0, 0.1) is 0 Å². The maximum absolute atomic E-state index is 8.95. The summed E-state index contributed by atoms with van der Waals surface area (Å²) >= 11 is 0. The van der Waals surface area contributed by atoms with Crippen LogP contribution in [0.2, 0.25) is 0 Å². The van der Waals surface area contributed by atoms with Crippen molar-refractivity contribution < 1.29 is 9.84 Å². The van der Waals surface area contributed by atoms with Crippen molar-refractivity contribution in [2.24, 2.45) is 0 Å². The van der Waals surface area contributed by atoms with E-state index in [1.807, 2.05) is 0 Å². The molecule has 1 atom stereocenters. The van der Waals surface area contributed by atoms with Crippen LogP contribution in [-0.2, 0) is 4.74 Å². The molecule has 2 heterocycles. The van der Waals surface area contributed by atoms with Crippen molar-refractivity contribution in [3.8, 4) is 0 Å². The molecule has 2 N–H and O–H groups in total. The number of nitrogens with zero attached hydrogens (tertiary/aromatic N) is 2. The predicted molar refractivity (Wildman–Crippen MR) is 67.2 cm³/mol. The highest BCUT2D eigenvalue weighted by molar-refractivity contribution is 4.75. The monoisotopic (exact) mass is 243 g/mol. The molecule has 0 spiro atoms. The standard InChI is InChI=1S/C12H25N3O2/c16-8-7-14-3-1-4-15(6-5-14)11-12-10-13-2-9-17-12/h12-13,16H,1-11H2. The average Bonchev–Trinajstić information content (AvgIpc) is 2.57. The minimum atomic E-state index is 0.273. The summed E-state index contributed by atoms with van der Waals surface area (Å²) in [5, 5.41) is 12.3. The molecule has 100 valence electrons. The Morgan fingerprint density at radius 1 is 1.18 bits per heavy atom. The molecule has 0 aromatic rings. The highest BCUT2D eigenvalue weighted by Gasteiger charge is 2.20. The van der Waals surface area contributed by atoms with Crippen molar-refractivity contribution in [3.63, 3.8) is 0 Å². The Hall–Kier alpha value is -0.200. The van der Waals surface area contributed by atoms with E-state index in [1.165, 1.54) is 6.42 Å². The number of β-amino-alcohol motifs (C(OH)–C–C–N with tert-alkyl or cyclic N) is 1. The van der Waals surface area contributed by atoms with Crippen molar-refractivity contribution in [1.82, 2.24) is 15.1 Å². The van der Waals surface area contributed by atoms with Crippen LogP contribution in [0.25, 0.3) is 0 Å². The van der Waals surface area contributed by atoms with Gasteiger partial charge in [-0.15, -0.1) is 0 Å². The normalized spacial score (nSPS) is 29.1. The molecule has 2 aliphatic rings. The number of hydrogen-bond donors (Lipinski definition) is 2. The summed E-state index contributed by atoms with van der Waals surface area (Å²) in [6, 6.07) is 0. The van der Waals surface area contributed by atoms with Gasteiger partial charge in [-0.3, -0.25) is 9.80 Å². The Morgan fingerprint density at radius 2 is 2.00 bits per heavy atom. The Bertz CT molecular complexity index is 210. The van der Waals surface area contributed by atoms with Crippen LogP contribution in [0.3, 0.4) is 0 Å². The molecule has 0 bridgehead atoms. The van der Waals surface area contributed by atoms with Gasteiger partial charge in [-0.05, 0) is 19.5 Å². The lowest BCUT2D eigenvalue weighted by Crippen LogP contribution is -2.46. The van der Waals surface area contributed by atoms with Crippen LogP contribution >= 0.6 is 0 Å². The fourth-order valence-electron chi connectivity index (χ4n) is 2.60. The Kier molecular flexibility index (Phi) is 5.67. The van der Waals surface area contributed by atoms with Crippen molar-refractivity contribution in [2.75, 3.05) is 65.6 Å². The molecule has 0 aliphatic carbocycles. The first-order valence-corrected chi connectivity index (χ1v) is 6.76. The van der Waals surface area contributed by atoms with Crippen LogP contribution in [0.4, 0.5) is 0 Å². The van der Waals surface area contributed by atoms with Crippen LogP contribution in [0.15, 0.2) is 0 Å². The maximum Gasteiger partial charge on any atom is 0.0826 e. The highest BCUT2D eigenvalue weighted by atomic mass is 16.5. The SMILES string of the molecule is OCCN1CCCN(CC2CNCCO2)CC1. The minimum Gasteiger partial charge on any atom is -0.395 e. The molecular formula is C12H25N3O2. The zero-order valence-electron chi connectivity index (χ0n) is 10.6. The summed E-state index contributed by atoms with van der Waals surface area (Å²) in [5.74, 6) is 0. The lowest BCUT2D eigenvalue weighted by molar-refractivity contribution is 0.00619. The second kappa shape index (κ2) is 7.28. The van der Waals surface area contributed by atoms with Gasteiger partial charge < -0.3 is 15.2 Å². The number of aliphatic hydroxyl groups is 1. The van der Waals surface area contributed by atoms with Gasteiger partial charge in [0.05, 0.1) is 19.3 Å². The van der Waals surface area contributed by atoms with Crippen molar-refractivity contribution in [1.29, 1.82) is 0 Å². The lowest BCUT2D eigenvalue weighted by atomic mass is 10.2. The Morgan fingerprint density at radius 3 is 2.76 bits per heavy atom. The topological polar surface area (TPSA) is 48.0 Å². The van der Waals surface area contributed by atoms with Gasteiger partial charge >= 0.3 is 0 Å². The first kappa shape index (κ1) is 13.2. The molecule has 2 rings (SSSR count). The molecule has 0 radical (unpaired) electrons. The zero-order chi connectivity index (χ0) is 11.9. The number of nitrogens with one attached hydrogen (secondary N) is 1. The number of morpholine rings is 1. The number of rotatable bonds is 4. The van der Waals surface area contributed by atoms with Gasteiger partial charge in [0, 0.05) is 39.3 Å². The fourth-order valence-corrected chi connectivity index (χ4v) is 2.60. The summed E-state index contributed by atoms with van der Waals surface area (Å²) < 4.78 is 5.74. The first-order chi connectivity index (χ1) is 8.38. The molecule has 2 aliphatic heterocycles. The van der Waals surface area contributed by atoms with E-state index in [0.717, 1.165) is 59.0 Å². The molecule has 5 nitrogen and oxygen atoms in total. The van der Waals surface area contributed by atoms with E-state index in [1.54, 1.807) is 0 Å². The minimum absolute atomic E-state index is 0.273. The summed E-state index contributed by atoms with van der Waals surface area (Å²) in [6.07, 6.45) is 1.55. The average molecular weight is 243 g/mol. The van der Waals surface area contributed by atoms with Crippen LogP contribution in [-0.4, -0.2) is 86.6 Å². The van der Waals surface area contributed by atoms with Crippen molar-refractivity contribution in [3.05, 3.63) is 0 Å². The largest absolute Gasteiger partial charge is 0.395 e. The van der Waals surface area contributed by atoms with Gasteiger partial charge in [-0.25, -0.2) is 0 Å². The smallest absolute Gasteiger partial charge is 0.0826 e. The van der Waals surface area contributed by atoms with Crippen LogP contribution in [0.1, 0.15) is 6.42 Å². The third-order valence-electron chi connectivity index (χ3n) is 3.56. The van der Waals surface area contributed by atoms with E-state index in [2.05, 4.69) is 15.1 Å². The predicted octanol–water partition coefficient (Wildman–Crippen LogP) is -1.03. The van der Waals surface area contributed by atoms with E-state index in [0.29, 0.717) is 6.10 Å². The molecule has 0 aromatic carbocycles. The third kappa shape index (κ3) is 4.52. The molecule has 0 amide bonds. The van der Waals surface area contributed by atoms with Gasteiger partial charge in [0.2, 0.25) is 0 Å². The summed E-state index contributed by atoms with van der Waals surface area (Å²) in [4.78, 5) is 4.84. The highest BCUT2D eigenvalue weighted by Crippen LogP contribution is 2.06. The Labute approximate surface area is 104 Å². The molecule has 17 heavy (non-hydrogen) atoms. The van der Waals surface area contributed by atoms with E-state index in [-0.39, 0.29) is 6.61 Å². The number of hydrogen-bond acceptors (Lipinski definition) is 5. The van der Waals surface area contributed by atoms with E-state index >= 15 is 0 Å². The second-order valence-electron chi connectivity index (χ2n) is 4.92. The summed E-state index contributed by atoms with van der Waals surface area (Å²) in [5.41, 5.74) is 0. The maximum atomic E-state index is 8.95. The van der Waals surface area contributed by atoms with Gasteiger partial charge in [0.25, 0.3) is 0 Å². The second-order valence-corrected chi connectivity index (χ2v) is 4.92. The van der Waals surface area contributed by atoms with E-state index < -0.39 is 0 Å². The third-order valence-corrected chi connectivity index (χ3v) is 3.56. The zero-order valence-corrected chi connectivity index (χ0v) is 10.6. The number of aliphatic hydroxyl groups excluding tert-OH is 1. The van der Waals surface area contributed by atoms with Crippen molar-refractivity contribution in [2.45, 2.75) is 12.5 Å². The van der Waals surface area contributed by atoms with E-state index in [4.69, 9.17) is 9.84 Å². The number of ether oxygens (including phenoxy) is 1. The molecule has 2 saturated heterocycles. The van der Waals surface area contributed by atoms with Gasteiger partial charge in [0.15, 0.2) is 0 Å². The van der Waals surface area contributed by atoms with Gasteiger partial charge in [-0.1, -0.05) is 0 Å². The molecule has 1 unspecified atom stereocenters. The summed E-state index contributed by atoms with van der Waals surface area (Å²) in [6.45, 7) is 9.38. The summed E-state index contributed by atoms with van der Waals surface area (Å²) in [7, 11) is 0.